The number of aromatic nitrogens is 4. The molecule has 2 heterocycles. The van der Waals surface area contributed by atoms with Crippen molar-refractivity contribution in [3.63, 3.8) is 0 Å². The van der Waals surface area contributed by atoms with Crippen LogP contribution in [-0.4, -0.2) is 32.2 Å². The molecule has 0 spiro atoms. The molecule has 2 aliphatic carbocycles. The number of pyridine rings is 1. The van der Waals surface area contributed by atoms with Gasteiger partial charge in [-0.25, -0.2) is 9.97 Å². The first-order chi connectivity index (χ1) is 11.2. The Morgan fingerprint density at radius 3 is 2.48 bits per heavy atom. The summed E-state index contributed by atoms with van der Waals surface area (Å²) in [6, 6.07) is 4.59. The number of nitrogens with zero attached hydrogens (tertiary/aromatic N) is 5. The van der Waals surface area contributed by atoms with Gasteiger partial charge in [-0.2, -0.15) is 0 Å². The van der Waals surface area contributed by atoms with Crippen molar-refractivity contribution in [3.05, 3.63) is 33.8 Å². The van der Waals surface area contributed by atoms with Gasteiger partial charge in [0.1, 0.15) is 5.82 Å². The van der Waals surface area contributed by atoms with E-state index in [0.29, 0.717) is 11.9 Å². The molecular formula is C16H19IN6. The number of rotatable bonds is 4. The fourth-order valence-electron chi connectivity index (χ4n) is 3.14. The average Bonchev–Trinajstić information content (AvgIpc) is 3.33. The van der Waals surface area contributed by atoms with Crippen LogP contribution in [0.2, 0.25) is 0 Å². The molecule has 23 heavy (non-hydrogen) atoms. The summed E-state index contributed by atoms with van der Waals surface area (Å²) in [5, 5.41) is 8.77. The van der Waals surface area contributed by atoms with Gasteiger partial charge in [0.25, 0.3) is 5.95 Å². The Balaban J connectivity index is 1.67. The average molecular weight is 422 g/mol. The Labute approximate surface area is 149 Å². The molecule has 7 heteroatoms. The molecule has 4 rings (SSSR count). The predicted molar refractivity (Wildman–Crippen MR) is 96.5 cm³/mol. The first-order valence-corrected chi connectivity index (χ1v) is 9.14. The normalized spacial score (nSPS) is 23.9. The molecule has 2 aromatic heterocycles. The third-order valence-electron chi connectivity index (χ3n) is 4.55. The fourth-order valence-corrected chi connectivity index (χ4v) is 3.46. The Hall–Kier alpha value is -1.35. The molecule has 2 aromatic rings. The van der Waals surface area contributed by atoms with E-state index in [1.54, 1.807) is 0 Å². The molecule has 6 nitrogen and oxygen atoms in total. The second-order valence-corrected chi connectivity index (χ2v) is 7.63. The van der Waals surface area contributed by atoms with E-state index in [2.05, 4.69) is 53.7 Å². The summed E-state index contributed by atoms with van der Waals surface area (Å²) >= 11 is 2.26. The lowest BCUT2D eigenvalue weighted by atomic mass is 10.2. The van der Waals surface area contributed by atoms with Crippen molar-refractivity contribution < 1.29 is 0 Å². The van der Waals surface area contributed by atoms with E-state index in [4.69, 9.17) is 5.73 Å². The zero-order valence-electron chi connectivity index (χ0n) is 12.8. The summed E-state index contributed by atoms with van der Waals surface area (Å²) in [7, 11) is 0. The highest BCUT2D eigenvalue weighted by atomic mass is 127. The molecule has 0 aromatic carbocycles. The Kier molecular flexibility index (Phi) is 4.14. The Morgan fingerprint density at radius 2 is 1.91 bits per heavy atom. The minimum atomic E-state index is 0.241. The number of hydrogen-bond acceptors (Lipinski definition) is 6. The van der Waals surface area contributed by atoms with Crippen LogP contribution in [0.15, 0.2) is 24.5 Å². The maximum Gasteiger partial charge on any atom is 0.251 e. The predicted octanol–water partition coefficient (Wildman–Crippen LogP) is 2.77. The third kappa shape index (κ3) is 3.30. The van der Waals surface area contributed by atoms with Gasteiger partial charge in [0, 0.05) is 27.8 Å². The highest BCUT2D eigenvalue weighted by Gasteiger charge is 2.32. The van der Waals surface area contributed by atoms with Crippen LogP contribution >= 0.6 is 22.6 Å². The molecule has 2 atom stereocenters. The second kappa shape index (κ2) is 6.27. The Bertz CT molecular complexity index is 670. The van der Waals surface area contributed by atoms with Gasteiger partial charge >= 0.3 is 0 Å². The van der Waals surface area contributed by atoms with Crippen LogP contribution < -0.4 is 10.6 Å². The van der Waals surface area contributed by atoms with Gasteiger partial charge in [0.15, 0.2) is 0 Å². The summed E-state index contributed by atoms with van der Waals surface area (Å²) in [5.74, 6) is 2.06. The van der Waals surface area contributed by atoms with Crippen LogP contribution in [0.25, 0.3) is 0 Å². The number of hydrogen-bond donors (Lipinski definition) is 1. The van der Waals surface area contributed by atoms with Gasteiger partial charge in [0.05, 0.1) is 11.9 Å². The van der Waals surface area contributed by atoms with Crippen LogP contribution in [0.1, 0.15) is 43.7 Å². The van der Waals surface area contributed by atoms with Crippen molar-refractivity contribution >= 4 is 34.4 Å². The van der Waals surface area contributed by atoms with Crippen molar-refractivity contribution in [2.24, 2.45) is 5.73 Å². The van der Waals surface area contributed by atoms with Crippen molar-refractivity contribution in [2.75, 3.05) is 4.90 Å². The van der Waals surface area contributed by atoms with Crippen LogP contribution in [0.3, 0.4) is 0 Å². The van der Waals surface area contributed by atoms with Crippen molar-refractivity contribution in [1.29, 1.82) is 0 Å². The molecule has 0 saturated heterocycles. The largest absolute Gasteiger partial charge is 0.328 e. The summed E-state index contributed by atoms with van der Waals surface area (Å²) in [6.45, 7) is 0. The lowest BCUT2D eigenvalue weighted by Gasteiger charge is -2.27. The maximum atomic E-state index is 6.11. The minimum Gasteiger partial charge on any atom is -0.328 e. The standard InChI is InChI=1S/C16H19IN6/c17-11-3-6-15(19-8-11)23(13-5-4-12(18)7-13)16-20-9-14(21-22-16)10-1-2-10/h3,6,8-10,12-13H,1-2,4-5,7,18H2. The third-order valence-corrected chi connectivity index (χ3v) is 5.19. The van der Waals surface area contributed by atoms with Crippen molar-refractivity contribution in [3.8, 4) is 0 Å². The highest BCUT2D eigenvalue weighted by Crippen LogP contribution is 2.39. The summed E-state index contributed by atoms with van der Waals surface area (Å²) in [4.78, 5) is 11.2. The molecule has 2 fully saturated rings. The van der Waals surface area contributed by atoms with E-state index in [1.165, 1.54) is 12.8 Å². The molecule has 2 saturated carbocycles. The number of anilines is 2. The van der Waals surface area contributed by atoms with Gasteiger partial charge in [0.2, 0.25) is 0 Å². The van der Waals surface area contributed by atoms with Gasteiger partial charge in [-0.15, -0.1) is 10.2 Å². The van der Waals surface area contributed by atoms with Crippen LogP contribution in [-0.2, 0) is 0 Å². The van der Waals surface area contributed by atoms with Crippen molar-refractivity contribution in [2.45, 2.75) is 50.1 Å². The van der Waals surface area contributed by atoms with Crippen LogP contribution in [0, 0.1) is 3.57 Å². The lowest BCUT2D eigenvalue weighted by Crippen LogP contribution is -2.32. The van der Waals surface area contributed by atoms with E-state index >= 15 is 0 Å². The van der Waals surface area contributed by atoms with Gasteiger partial charge in [-0.1, -0.05) is 0 Å². The molecule has 0 amide bonds. The lowest BCUT2D eigenvalue weighted by molar-refractivity contribution is 0.629. The minimum absolute atomic E-state index is 0.241. The number of halogens is 1. The van der Waals surface area contributed by atoms with Crippen LogP contribution in [0.4, 0.5) is 11.8 Å². The monoisotopic (exact) mass is 422 g/mol. The maximum absolute atomic E-state index is 6.11. The van der Waals surface area contributed by atoms with Gasteiger partial charge in [-0.05, 0) is 66.8 Å². The fraction of sp³-hybridized carbons (Fsp3) is 0.500. The van der Waals surface area contributed by atoms with E-state index in [0.717, 1.165) is 34.3 Å². The van der Waals surface area contributed by atoms with E-state index in [-0.39, 0.29) is 12.1 Å². The molecule has 120 valence electrons. The molecule has 0 aliphatic heterocycles. The van der Waals surface area contributed by atoms with E-state index in [9.17, 15) is 0 Å². The molecule has 2 aliphatic rings. The zero-order valence-corrected chi connectivity index (χ0v) is 14.9. The quantitative estimate of drug-likeness (QED) is 0.764. The summed E-state index contributed by atoms with van der Waals surface area (Å²) in [6.07, 6.45) is 9.13. The smallest absolute Gasteiger partial charge is 0.251 e. The summed E-state index contributed by atoms with van der Waals surface area (Å²) < 4.78 is 1.11. The molecule has 2 unspecified atom stereocenters. The van der Waals surface area contributed by atoms with E-state index in [1.807, 2.05) is 18.5 Å². The Morgan fingerprint density at radius 1 is 1.04 bits per heavy atom. The summed E-state index contributed by atoms with van der Waals surface area (Å²) in [5.41, 5.74) is 7.12. The highest BCUT2D eigenvalue weighted by molar-refractivity contribution is 14.1. The van der Waals surface area contributed by atoms with Gasteiger partial charge in [-0.3, -0.25) is 4.90 Å². The molecular weight excluding hydrogens is 403 g/mol. The first kappa shape index (κ1) is 15.2. The second-order valence-electron chi connectivity index (χ2n) is 6.39. The topological polar surface area (TPSA) is 80.8 Å². The van der Waals surface area contributed by atoms with Gasteiger partial charge < -0.3 is 5.73 Å². The van der Waals surface area contributed by atoms with E-state index < -0.39 is 0 Å². The molecule has 2 N–H and O–H groups in total. The molecule has 0 bridgehead atoms. The zero-order chi connectivity index (χ0) is 15.8. The first-order valence-electron chi connectivity index (χ1n) is 8.06. The van der Waals surface area contributed by atoms with Crippen LogP contribution in [0.5, 0.6) is 0 Å². The number of nitrogens with two attached hydrogens (primary N) is 1. The van der Waals surface area contributed by atoms with Crippen molar-refractivity contribution in [1.82, 2.24) is 20.2 Å². The molecule has 0 radical (unpaired) electrons. The SMILES string of the molecule is NC1CCC(N(c2ccc(I)cn2)c2ncc(C3CC3)nn2)C1.